The molecule has 5 heteroatoms. The lowest BCUT2D eigenvalue weighted by atomic mass is 9.92. The number of rotatable bonds is 6. The standard InChI is InChI=1S/C20H20N2O3/c1-3-13-21-19(24)16-11-7-8-12-17(16)22-18(23)14-20(2,25)15-9-5-4-6-10-15/h1,4-12,25H,13-14H2,2H3,(H,21,24)(H,22,23). The number of nitrogens with one attached hydrogen (secondary N) is 2. The van der Waals surface area contributed by atoms with Crippen molar-refractivity contribution in [1.82, 2.24) is 5.32 Å². The molecular formula is C20H20N2O3. The van der Waals surface area contributed by atoms with Gasteiger partial charge in [-0.1, -0.05) is 48.4 Å². The number of benzene rings is 2. The molecule has 5 nitrogen and oxygen atoms in total. The van der Waals surface area contributed by atoms with E-state index < -0.39 is 11.5 Å². The molecule has 0 aliphatic rings. The molecule has 25 heavy (non-hydrogen) atoms. The zero-order valence-corrected chi connectivity index (χ0v) is 14.0. The third-order valence-electron chi connectivity index (χ3n) is 3.70. The Bertz CT molecular complexity index is 792. The van der Waals surface area contributed by atoms with Crippen LogP contribution < -0.4 is 10.6 Å². The molecule has 2 amide bonds. The lowest BCUT2D eigenvalue weighted by molar-refractivity contribution is -0.120. The minimum absolute atomic E-state index is 0.101. The number of carbonyl (C=O) groups excluding carboxylic acids is 2. The van der Waals surface area contributed by atoms with Gasteiger partial charge in [0.2, 0.25) is 5.91 Å². The van der Waals surface area contributed by atoms with E-state index in [0.29, 0.717) is 16.8 Å². The second kappa shape index (κ2) is 8.13. The Morgan fingerprint density at radius 2 is 1.76 bits per heavy atom. The number of para-hydroxylation sites is 1. The van der Waals surface area contributed by atoms with Crippen molar-refractivity contribution in [2.24, 2.45) is 0 Å². The van der Waals surface area contributed by atoms with Gasteiger partial charge in [-0.3, -0.25) is 9.59 Å². The number of carbonyl (C=O) groups is 2. The van der Waals surface area contributed by atoms with E-state index in [-0.39, 0.29) is 18.9 Å². The van der Waals surface area contributed by atoms with E-state index in [1.807, 2.05) is 6.07 Å². The van der Waals surface area contributed by atoms with Crippen LogP contribution in [0, 0.1) is 12.3 Å². The van der Waals surface area contributed by atoms with Crippen LogP contribution in [-0.4, -0.2) is 23.5 Å². The van der Waals surface area contributed by atoms with Crippen molar-refractivity contribution in [1.29, 1.82) is 0 Å². The monoisotopic (exact) mass is 336 g/mol. The second-order valence-corrected chi connectivity index (χ2v) is 5.80. The summed E-state index contributed by atoms with van der Waals surface area (Å²) in [6.45, 7) is 1.68. The Labute approximate surface area is 147 Å². The van der Waals surface area contributed by atoms with Gasteiger partial charge in [0.1, 0.15) is 0 Å². The number of terminal acetylenes is 1. The maximum Gasteiger partial charge on any atom is 0.254 e. The predicted octanol–water partition coefficient (Wildman–Crippen LogP) is 2.29. The van der Waals surface area contributed by atoms with Gasteiger partial charge in [0.15, 0.2) is 0 Å². The van der Waals surface area contributed by atoms with Crippen molar-refractivity contribution >= 4 is 17.5 Å². The Hall–Kier alpha value is -3.10. The molecule has 2 rings (SSSR count). The summed E-state index contributed by atoms with van der Waals surface area (Å²) >= 11 is 0. The van der Waals surface area contributed by atoms with Gasteiger partial charge in [0.05, 0.1) is 29.8 Å². The third-order valence-corrected chi connectivity index (χ3v) is 3.70. The van der Waals surface area contributed by atoms with Crippen LogP contribution in [0.4, 0.5) is 5.69 Å². The van der Waals surface area contributed by atoms with Gasteiger partial charge in [-0.05, 0) is 24.6 Å². The van der Waals surface area contributed by atoms with Gasteiger partial charge in [-0.15, -0.1) is 6.42 Å². The summed E-state index contributed by atoms with van der Waals surface area (Å²) < 4.78 is 0. The van der Waals surface area contributed by atoms with E-state index in [1.165, 1.54) is 0 Å². The van der Waals surface area contributed by atoms with Crippen molar-refractivity contribution in [3.05, 3.63) is 65.7 Å². The molecule has 0 aliphatic heterocycles. The molecule has 128 valence electrons. The van der Waals surface area contributed by atoms with Gasteiger partial charge >= 0.3 is 0 Å². The summed E-state index contributed by atoms with van der Waals surface area (Å²) in [6, 6.07) is 15.6. The third kappa shape index (κ3) is 4.93. The van der Waals surface area contributed by atoms with Crippen LogP contribution in [0.1, 0.15) is 29.3 Å². The summed E-state index contributed by atoms with van der Waals surface area (Å²) in [5.41, 5.74) is 0.00739. The largest absolute Gasteiger partial charge is 0.385 e. The van der Waals surface area contributed by atoms with Crippen molar-refractivity contribution in [3.63, 3.8) is 0 Å². The molecule has 0 bridgehead atoms. The van der Waals surface area contributed by atoms with Gasteiger partial charge in [-0.2, -0.15) is 0 Å². The van der Waals surface area contributed by atoms with Crippen LogP contribution in [0.5, 0.6) is 0 Å². The normalized spacial score (nSPS) is 12.5. The molecule has 0 spiro atoms. The first kappa shape index (κ1) is 18.2. The fraction of sp³-hybridized carbons (Fsp3) is 0.200. The van der Waals surface area contributed by atoms with Crippen LogP contribution in [-0.2, 0) is 10.4 Å². The molecule has 0 aliphatic carbocycles. The molecule has 0 saturated carbocycles. The van der Waals surface area contributed by atoms with Crippen LogP contribution in [0.3, 0.4) is 0 Å². The number of hydrogen-bond acceptors (Lipinski definition) is 3. The molecule has 0 saturated heterocycles. The molecule has 2 aromatic rings. The highest BCUT2D eigenvalue weighted by molar-refractivity contribution is 6.03. The lowest BCUT2D eigenvalue weighted by Crippen LogP contribution is -2.29. The zero-order chi connectivity index (χ0) is 18.3. The average Bonchev–Trinajstić information content (AvgIpc) is 2.60. The fourth-order valence-corrected chi connectivity index (χ4v) is 2.42. The Morgan fingerprint density at radius 3 is 2.44 bits per heavy atom. The fourth-order valence-electron chi connectivity index (χ4n) is 2.42. The highest BCUT2D eigenvalue weighted by Gasteiger charge is 2.27. The first-order valence-corrected chi connectivity index (χ1v) is 7.82. The highest BCUT2D eigenvalue weighted by atomic mass is 16.3. The van der Waals surface area contributed by atoms with E-state index in [1.54, 1.807) is 55.5 Å². The number of amides is 2. The molecule has 0 heterocycles. The highest BCUT2D eigenvalue weighted by Crippen LogP contribution is 2.25. The first-order valence-electron chi connectivity index (χ1n) is 7.82. The maximum atomic E-state index is 12.4. The summed E-state index contributed by atoms with van der Waals surface area (Å²) in [6.07, 6.45) is 4.99. The Kier molecular flexibility index (Phi) is 5.93. The minimum Gasteiger partial charge on any atom is -0.385 e. The molecule has 3 N–H and O–H groups in total. The zero-order valence-electron chi connectivity index (χ0n) is 14.0. The van der Waals surface area contributed by atoms with Gasteiger partial charge in [0.25, 0.3) is 5.91 Å². The summed E-state index contributed by atoms with van der Waals surface area (Å²) in [7, 11) is 0. The quantitative estimate of drug-likeness (QED) is 0.708. The lowest BCUT2D eigenvalue weighted by Gasteiger charge is -2.23. The summed E-state index contributed by atoms with van der Waals surface area (Å²) in [5, 5.41) is 15.8. The van der Waals surface area contributed by atoms with E-state index in [0.717, 1.165) is 0 Å². The smallest absolute Gasteiger partial charge is 0.254 e. The van der Waals surface area contributed by atoms with Gasteiger partial charge in [-0.25, -0.2) is 0 Å². The van der Waals surface area contributed by atoms with E-state index in [2.05, 4.69) is 16.6 Å². The number of aliphatic hydroxyl groups is 1. The summed E-state index contributed by atoms with van der Waals surface area (Å²) in [4.78, 5) is 24.5. The first-order chi connectivity index (χ1) is 11.9. The van der Waals surface area contributed by atoms with Crippen molar-refractivity contribution in [3.8, 4) is 12.3 Å². The SMILES string of the molecule is C#CCNC(=O)c1ccccc1NC(=O)CC(C)(O)c1ccccc1. The summed E-state index contributed by atoms with van der Waals surface area (Å²) in [5.74, 6) is 1.56. The van der Waals surface area contributed by atoms with Crippen LogP contribution in [0.2, 0.25) is 0 Å². The van der Waals surface area contributed by atoms with Crippen LogP contribution in [0.15, 0.2) is 54.6 Å². The predicted molar refractivity (Wildman–Crippen MR) is 96.9 cm³/mol. The van der Waals surface area contributed by atoms with Crippen molar-refractivity contribution in [2.45, 2.75) is 18.9 Å². The Morgan fingerprint density at radius 1 is 1.12 bits per heavy atom. The maximum absolute atomic E-state index is 12.4. The number of anilines is 1. The van der Waals surface area contributed by atoms with Crippen molar-refractivity contribution in [2.75, 3.05) is 11.9 Å². The molecule has 0 aromatic heterocycles. The van der Waals surface area contributed by atoms with E-state index >= 15 is 0 Å². The van der Waals surface area contributed by atoms with Gasteiger partial charge < -0.3 is 15.7 Å². The van der Waals surface area contributed by atoms with Gasteiger partial charge in [0, 0.05) is 0 Å². The minimum atomic E-state index is -1.31. The van der Waals surface area contributed by atoms with E-state index in [4.69, 9.17) is 6.42 Å². The topological polar surface area (TPSA) is 78.4 Å². The molecule has 0 radical (unpaired) electrons. The average molecular weight is 336 g/mol. The van der Waals surface area contributed by atoms with E-state index in [9.17, 15) is 14.7 Å². The van der Waals surface area contributed by atoms with Crippen LogP contribution in [0.25, 0.3) is 0 Å². The second-order valence-electron chi connectivity index (χ2n) is 5.80. The number of hydrogen-bond donors (Lipinski definition) is 3. The molecule has 0 fully saturated rings. The molecule has 1 unspecified atom stereocenters. The molecular weight excluding hydrogens is 316 g/mol. The molecule has 1 atom stereocenters. The Balaban J connectivity index is 2.11. The van der Waals surface area contributed by atoms with Crippen molar-refractivity contribution < 1.29 is 14.7 Å². The van der Waals surface area contributed by atoms with Crippen LogP contribution >= 0.6 is 0 Å². The molecule has 2 aromatic carbocycles.